The van der Waals surface area contributed by atoms with Crippen LogP contribution in [0.4, 0.5) is 0 Å². The van der Waals surface area contributed by atoms with E-state index < -0.39 is 0 Å². The summed E-state index contributed by atoms with van der Waals surface area (Å²) < 4.78 is 0. The number of allylic oxidation sites excluding steroid dienone is 2. The van der Waals surface area contributed by atoms with Crippen molar-refractivity contribution in [3.05, 3.63) is 12.2 Å². The Morgan fingerprint density at radius 1 is 0.929 bits per heavy atom. The van der Waals surface area contributed by atoms with Crippen LogP contribution in [0.25, 0.3) is 0 Å². The Labute approximate surface area is 96.7 Å². The van der Waals surface area contributed by atoms with Crippen molar-refractivity contribution >= 4 is 15.0 Å². The molecule has 0 aromatic heterocycles. The Balaban J connectivity index is 2.85. The Morgan fingerprint density at radius 2 is 1.64 bits per heavy atom. The van der Waals surface area contributed by atoms with E-state index in [0.717, 1.165) is 15.0 Å². The molecule has 0 saturated carbocycles. The number of unbranched alkanes of at least 4 members (excludes halogenated alkanes) is 5. The summed E-state index contributed by atoms with van der Waals surface area (Å²) in [5.74, 6) is 0. The van der Waals surface area contributed by atoms with Gasteiger partial charge in [0, 0.05) is 0 Å². The van der Waals surface area contributed by atoms with Crippen LogP contribution < -0.4 is 0 Å². The summed E-state index contributed by atoms with van der Waals surface area (Å²) in [6.07, 6.45) is 14.4. The second-order valence-corrected chi connectivity index (χ2v) is 6.31. The monoisotopic (exact) mass is 262 g/mol. The van der Waals surface area contributed by atoms with E-state index in [1.165, 1.54) is 55.6 Å². The van der Waals surface area contributed by atoms with Crippen LogP contribution >= 0.6 is 0 Å². The SMILES string of the molecule is C/C=C/CCCCCCC[Se]CCC. The zero-order valence-corrected chi connectivity index (χ0v) is 11.6. The van der Waals surface area contributed by atoms with Crippen LogP contribution in [0.1, 0.15) is 58.8 Å². The molecular weight excluding hydrogens is 235 g/mol. The van der Waals surface area contributed by atoms with Gasteiger partial charge in [-0.3, -0.25) is 0 Å². The normalized spacial score (nSPS) is 11.3. The third-order valence-electron chi connectivity index (χ3n) is 2.24. The molecule has 0 saturated heterocycles. The molecule has 0 aromatic rings. The molecule has 0 heterocycles. The number of hydrogen-bond acceptors (Lipinski definition) is 0. The van der Waals surface area contributed by atoms with E-state index in [1.54, 1.807) is 0 Å². The van der Waals surface area contributed by atoms with Crippen LogP contribution in [0.15, 0.2) is 12.2 Å². The zero-order valence-electron chi connectivity index (χ0n) is 9.93. The minimum atomic E-state index is 0.958. The van der Waals surface area contributed by atoms with Crippen molar-refractivity contribution in [1.29, 1.82) is 0 Å². The molecule has 0 N–H and O–H groups in total. The summed E-state index contributed by atoms with van der Waals surface area (Å²) in [6, 6.07) is 0. The van der Waals surface area contributed by atoms with Gasteiger partial charge in [0.05, 0.1) is 0 Å². The van der Waals surface area contributed by atoms with E-state index in [2.05, 4.69) is 26.0 Å². The first kappa shape index (κ1) is 14.3. The third-order valence-corrected chi connectivity index (χ3v) is 4.92. The van der Waals surface area contributed by atoms with E-state index in [9.17, 15) is 0 Å². The van der Waals surface area contributed by atoms with Gasteiger partial charge in [0.2, 0.25) is 0 Å². The van der Waals surface area contributed by atoms with Crippen molar-refractivity contribution in [2.45, 2.75) is 69.4 Å². The fraction of sp³-hybridized carbons (Fsp3) is 0.846. The van der Waals surface area contributed by atoms with Gasteiger partial charge in [0.15, 0.2) is 0 Å². The van der Waals surface area contributed by atoms with Gasteiger partial charge in [0.25, 0.3) is 0 Å². The number of rotatable bonds is 10. The standard InChI is InChI=1S/C13H26Se/c1-3-5-6-7-8-9-10-11-13-14-12-4-2/h3,5H,4,6-13H2,1-2H3/b5-3+. The molecular formula is C13H26Se. The molecule has 0 unspecified atom stereocenters. The van der Waals surface area contributed by atoms with Crippen molar-refractivity contribution in [2.75, 3.05) is 0 Å². The summed E-state index contributed by atoms with van der Waals surface area (Å²) in [5.41, 5.74) is 0. The van der Waals surface area contributed by atoms with Gasteiger partial charge in [0.1, 0.15) is 0 Å². The molecule has 0 radical (unpaired) electrons. The Bertz CT molecular complexity index is 118. The van der Waals surface area contributed by atoms with Gasteiger partial charge >= 0.3 is 96.5 Å². The van der Waals surface area contributed by atoms with Gasteiger partial charge in [-0.05, 0) is 0 Å². The molecule has 1 heteroatoms. The van der Waals surface area contributed by atoms with E-state index >= 15 is 0 Å². The molecule has 0 aliphatic carbocycles. The molecule has 0 aliphatic rings. The van der Waals surface area contributed by atoms with Crippen LogP contribution in [-0.4, -0.2) is 15.0 Å². The van der Waals surface area contributed by atoms with E-state index in [-0.39, 0.29) is 0 Å². The second kappa shape index (κ2) is 13.3. The first-order chi connectivity index (χ1) is 6.91. The first-order valence-corrected chi connectivity index (χ1v) is 8.53. The van der Waals surface area contributed by atoms with Gasteiger partial charge in [-0.1, -0.05) is 0 Å². The van der Waals surface area contributed by atoms with Crippen LogP contribution in [0.5, 0.6) is 0 Å². The molecule has 0 atom stereocenters. The molecule has 0 bridgehead atoms. The summed E-state index contributed by atoms with van der Waals surface area (Å²) in [4.78, 5) is 0. The first-order valence-electron chi connectivity index (χ1n) is 6.10. The molecule has 0 nitrogen and oxygen atoms in total. The maximum absolute atomic E-state index is 2.29. The van der Waals surface area contributed by atoms with Crippen molar-refractivity contribution in [1.82, 2.24) is 0 Å². The van der Waals surface area contributed by atoms with E-state index in [0.29, 0.717) is 0 Å². The Kier molecular flexibility index (Phi) is 13.5. The predicted molar refractivity (Wildman–Crippen MR) is 68.2 cm³/mol. The van der Waals surface area contributed by atoms with Gasteiger partial charge in [-0.25, -0.2) is 0 Å². The van der Waals surface area contributed by atoms with E-state index in [4.69, 9.17) is 0 Å². The molecule has 0 spiro atoms. The van der Waals surface area contributed by atoms with Crippen LogP contribution in [0, 0.1) is 0 Å². The zero-order chi connectivity index (χ0) is 10.5. The minimum absolute atomic E-state index is 0.958. The molecule has 0 aromatic carbocycles. The molecule has 84 valence electrons. The fourth-order valence-corrected chi connectivity index (χ4v) is 3.30. The quantitative estimate of drug-likeness (QED) is 0.299. The topological polar surface area (TPSA) is 0 Å². The van der Waals surface area contributed by atoms with Crippen molar-refractivity contribution in [2.24, 2.45) is 0 Å². The maximum atomic E-state index is 2.29. The average Bonchev–Trinajstić information content (AvgIpc) is 2.21. The fourth-order valence-electron chi connectivity index (χ4n) is 1.41. The molecule has 0 rings (SSSR count). The van der Waals surface area contributed by atoms with Crippen LogP contribution in [0.3, 0.4) is 0 Å². The summed E-state index contributed by atoms with van der Waals surface area (Å²) in [7, 11) is 0. The van der Waals surface area contributed by atoms with Gasteiger partial charge < -0.3 is 0 Å². The molecule has 0 amide bonds. The van der Waals surface area contributed by atoms with Crippen LogP contribution in [-0.2, 0) is 0 Å². The molecule has 0 fully saturated rings. The van der Waals surface area contributed by atoms with E-state index in [1.807, 2.05) is 0 Å². The van der Waals surface area contributed by atoms with Crippen molar-refractivity contribution in [3.8, 4) is 0 Å². The van der Waals surface area contributed by atoms with Gasteiger partial charge in [-0.2, -0.15) is 0 Å². The molecule has 0 aliphatic heterocycles. The number of hydrogen-bond donors (Lipinski definition) is 0. The predicted octanol–water partition coefficient (Wildman–Crippen LogP) is 4.85. The Hall–Kier alpha value is 0.259. The summed E-state index contributed by atoms with van der Waals surface area (Å²) >= 11 is 0.958. The van der Waals surface area contributed by atoms with Crippen molar-refractivity contribution in [3.63, 3.8) is 0 Å². The van der Waals surface area contributed by atoms with Crippen molar-refractivity contribution < 1.29 is 0 Å². The van der Waals surface area contributed by atoms with Gasteiger partial charge in [-0.15, -0.1) is 0 Å². The van der Waals surface area contributed by atoms with Crippen LogP contribution in [0.2, 0.25) is 10.6 Å². The summed E-state index contributed by atoms with van der Waals surface area (Å²) in [5, 5.41) is 3.02. The average molecular weight is 261 g/mol. The second-order valence-electron chi connectivity index (χ2n) is 3.74. The molecule has 14 heavy (non-hydrogen) atoms. The third kappa shape index (κ3) is 12.3. The summed E-state index contributed by atoms with van der Waals surface area (Å²) in [6.45, 7) is 4.40. The Morgan fingerprint density at radius 3 is 2.36 bits per heavy atom.